The maximum atomic E-state index is 6.33. The third-order valence-electron chi connectivity index (χ3n) is 3.46. The molecule has 1 aliphatic rings. The van der Waals surface area contributed by atoms with Crippen molar-refractivity contribution in [2.75, 3.05) is 24.5 Å². The predicted molar refractivity (Wildman–Crippen MR) is 87.6 cm³/mol. The summed E-state index contributed by atoms with van der Waals surface area (Å²) in [6, 6.07) is 4.54. The molecule has 2 nitrogen and oxygen atoms in total. The minimum atomic E-state index is 0.541. The highest BCUT2D eigenvalue weighted by Crippen LogP contribution is 2.39. The lowest BCUT2D eigenvalue weighted by Gasteiger charge is -2.21. The summed E-state index contributed by atoms with van der Waals surface area (Å²) < 4.78 is 0.847. The van der Waals surface area contributed by atoms with Crippen LogP contribution < -0.4 is 10.2 Å². The van der Waals surface area contributed by atoms with Crippen LogP contribution in [0.25, 0.3) is 0 Å². The van der Waals surface area contributed by atoms with E-state index >= 15 is 0 Å². The van der Waals surface area contributed by atoms with E-state index in [4.69, 9.17) is 23.2 Å². The molecule has 0 saturated carbocycles. The van der Waals surface area contributed by atoms with Gasteiger partial charge in [-0.3, -0.25) is 0 Å². The van der Waals surface area contributed by atoms with Crippen LogP contribution >= 0.6 is 39.1 Å². The van der Waals surface area contributed by atoms with E-state index in [0.29, 0.717) is 22.0 Å². The smallest absolute Gasteiger partial charge is 0.0837 e. The maximum absolute atomic E-state index is 6.33. The summed E-state index contributed by atoms with van der Waals surface area (Å²) in [6.07, 6.45) is 1.20. The van der Waals surface area contributed by atoms with E-state index in [1.54, 1.807) is 0 Å². The summed E-state index contributed by atoms with van der Waals surface area (Å²) in [6.45, 7) is 7.51. The van der Waals surface area contributed by atoms with Gasteiger partial charge in [0.05, 0.1) is 15.7 Å². The summed E-state index contributed by atoms with van der Waals surface area (Å²) >= 11 is 15.9. The molecule has 2 rings (SSSR count). The van der Waals surface area contributed by atoms with Gasteiger partial charge in [0.2, 0.25) is 0 Å². The summed E-state index contributed by atoms with van der Waals surface area (Å²) in [5.74, 6) is 0.681. The van der Waals surface area contributed by atoms with E-state index in [0.717, 1.165) is 29.8 Å². The second kappa shape index (κ2) is 6.66. The first kappa shape index (κ1) is 15.4. The van der Waals surface area contributed by atoms with Crippen molar-refractivity contribution >= 4 is 44.8 Å². The Morgan fingerprint density at radius 1 is 1.37 bits per heavy atom. The Balaban J connectivity index is 2.03. The molecule has 1 saturated heterocycles. The van der Waals surface area contributed by atoms with Gasteiger partial charge >= 0.3 is 0 Å². The van der Waals surface area contributed by atoms with Crippen LogP contribution in [-0.2, 0) is 0 Å². The lowest BCUT2D eigenvalue weighted by atomic mass is 10.1. The highest BCUT2D eigenvalue weighted by atomic mass is 79.9. The Kier molecular flexibility index (Phi) is 5.41. The highest BCUT2D eigenvalue weighted by Gasteiger charge is 2.25. The molecule has 1 aromatic rings. The molecular formula is C14H19BrCl2N2. The Labute approximate surface area is 133 Å². The average Bonchev–Trinajstić information content (AvgIpc) is 2.82. The fourth-order valence-corrected chi connectivity index (χ4v) is 3.27. The minimum absolute atomic E-state index is 0.541. The second-order valence-corrected chi connectivity index (χ2v) is 6.97. The topological polar surface area (TPSA) is 15.3 Å². The number of nitrogens with one attached hydrogen (secondary N) is 1. The van der Waals surface area contributed by atoms with Gasteiger partial charge in [-0.15, -0.1) is 0 Å². The van der Waals surface area contributed by atoms with Crippen molar-refractivity contribution in [1.82, 2.24) is 5.32 Å². The number of rotatable bonds is 4. The van der Waals surface area contributed by atoms with Gasteiger partial charge in [0.25, 0.3) is 0 Å². The van der Waals surface area contributed by atoms with Gasteiger partial charge in [-0.25, -0.2) is 0 Å². The van der Waals surface area contributed by atoms with Crippen LogP contribution in [0.15, 0.2) is 16.6 Å². The third kappa shape index (κ3) is 3.78. The van der Waals surface area contributed by atoms with Gasteiger partial charge < -0.3 is 10.2 Å². The normalized spacial score (nSPS) is 19.5. The molecule has 0 aromatic heterocycles. The van der Waals surface area contributed by atoms with Gasteiger partial charge in [-0.1, -0.05) is 37.0 Å². The summed E-state index contributed by atoms with van der Waals surface area (Å²) in [5, 5.41) is 4.75. The van der Waals surface area contributed by atoms with E-state index < -0.39 is 0 Å². The van der Waals surface area contributed by atoms with Crippen molar-refractivity contribution in [2.45, 2.75) is 26.3 Å². The quantitative estimate of drug-likeness (QED) is 0.785. The van der Waals surface area contributed by atoms with Gasteiger partial charge in [0.1, 0.15) is 0 Å². The lowest BCUT2D eigenvalue weighted by molar-refractivity contribution is 0.480. The SMILES string of the molecule is CC(C)NCC1CCN(c2ccc(Br)c(Cl)c2Cl)C1. The van der Waals surface area contributed by atoms with E-state index in [9.17, 15) is 0 Å². The Bertz CT molecular complexity index is 451. The zero-order valence-electron chi connectivity index (χ0n) is 11.2. The summed E-state index contributed by atoms with van der Waals surface area (Å²) in [4.78, 5) is 2.33. The first-order valence-electron chi connectivity index (χ1n) is 6.61. The molecule has 1 aliphatic heterocycles. The van der Waals surface area contributed by atoms with Crippen molar-refractivity contribution in [3.63, 3.8) is 0 Å². The third-order valence-corrected chi connectivity index (χ3v) is 5.22. The Morgan fingerprint density at radius 2 is 2.11 bits per heavy atom. The molecule has 1 aromatic carbocycles. The zero-order valence-corrected chi connectivity index (χ0v) is 14.3. The molecule has 0 spiro atoms. The maximum Gasteiger partial charge on any atom is 0.0837 e. The first-order valence-corrected chi connectivity index (χ1v) is 8.15. The molecule has 0 aliphatic carbocycles. The van der Waals surface area contributed by atoms with Crippen LogP contribution in [0.1, 0.15) is 20.3 Å². The van der Waals surface area contributed by atoms with Gasteiger partial charge in [-0.05, 0) is 46.9 Å². The number of benzene rings is 1. The van der Waals surface area contributed by atoms with Gasteiger partial charge in [0.15, 0.2) is 0 Å². The molecule has 1 atom stereocenters. The predicted octanol–water partition coefficient (Wildman–Crippen LogP) is 4.58. The molecular weight excluding hydrogens is 347 g/mol. The van der Waals surface area contributed by atoms with E-state index in [-0.39, 0.29) is 0 Å². The standard InChI is InChI=1S/C14H19BrCl2N2/c1-9(2)18-7-10-5-6-19(8-10)12-4-3-11(15)13(16)14(12)17/h3-4,9-10,18H,5-8H2,1-2H3. The molecule has 19 heavy (non-hydrogen) atoms. The summed E-state index contributed by atoms with van der Waals surface area (Å²) in [5.41, 5.74) is 1.04. The number of halogens is 3. The van der Waals surface area contributed by atoms with Crippen LogP contribution in [0.3, 0.4) is 0 Å². The van der Waals surface area contributed by atoms with Crippen LogP contribution in [0.4, 0.5) is 5.69 Å². The molecule has 0 amide bonds. The largest absolute Gasteiger partial charge is 0.370 e. The molecule has 1 heterocycles. The number of hydrogen-bond acceptors (Lipinski definition) is 2. The minimum Gasteiger partial charge on any atom is -0.370 e. The van der Waals surface area contributed by atoms with Gasteiger partial charge in [0, 0.05) is 23.6 Å². The van der Waals surface area contributed by atoms with Crippen LogP contribution in [-0.4, -0.2) is 25.7 Å². The zero-order chi connectivity index (χ0) is 14.0. The lowest BCUT2D eigenvalue weighted by Crippen LogP contribution is -2.30. The van der Waals surface area contributed by atoms with Crippen LogP contribution in [0.2, 0.25) is 10.0 Å². The van der Waals surface area contributed by atoms with Crippen molar-refractivity contribution < 1.29 is 0 Å². The van der Waals surface area contributed by atoms with Crippen molar-refractivity contribution in [1.29, 1.82) is 0 Å². The van der Waals surface area contributed by atoms with Crippen molar-refractivity contribution in [3.8, 4) is 0 Å². The van der Waals surface area contributed by atoms with E-state index in [2.05, 4.69) is 40.0 Å². The van der Waals surface area contributed by atoms with Crippen LogP contribution in [0, 0.1) is 5.92 Å². The fraction of sp³-hybridized carbons (Fsp3) is 0.571. The highest BCUT2D eigenvalue weighted by molar-refractivity contribution is 9.10. The Hall–Kier alpha value is 0.0400. The molecule has 0 bridgehead atoms. The number of anilines is 1. The number of hydrogen-bond donors (Lipinski definition) is 1. The molecule has 1 unspecified atom stereocenters. The van der Waals surface area contributed by atoms with Crippen molar-refractivity contribution in [2.24, 2.45) is 5.92 Å². The Morgan fingerprint density at radius 3 is 2.79 bits per heavy atom. The fourth-order valence-electron chi connectivity index (χ4n) is 2.38. The average molecular weight is 366 g/mol. The molecule has 106 valence electrons. The first-order chi connectivity index (χ1) is 8.99. The monoisotopic (exact) mass is 364 g/mol. The molecule has 5 heteroatoms. The van der Waals surface area contributed by atoms with Gasteiger partial charge in [-0.2, -0.15) is 0 Å². The second-order valence-electron chi connectivity index (χ2n) is 5.36. The molecule has 0 radical (unpaired) electrons. The van der Waals surface area contributed by atoms with Crippen molar-refractivity contribution in [3.05, 3.63) is 26.7 Å². The van der Waals surface area contributed by atoms with E-state index in [1.165, 1.54) is 6.42 Å². The molecule has 1 fully saturated rings. The molecule has 1 N–H and O–H groups in total. The number of nitrogens with zero attached hydrogens (tertiary/aromatic N) is 1. The van der Waals surface area contributed by atoms with E-state index in [1.807, 2.05) is 12.1 Å². The van der Waals surface area contributed by atoms with Crippen LogP contribution in [0.5, 0.6) is 0 Å². The summed E-state index contributed by atoms with van der Waals surface area (Å²) in [7, 11) is 0.